The van der Waals surface area contributed by atoms with E-state index in [-0.39, 0.29) is 0 Å². The lowest BCUT2D eigenvalue weighted by atomic mass is 10.2. The number of nitrogens with zero attached hydrogens (tertiary/aromatic N) is 3. The van der Waals surface area contributed by atoms with E-state index in [4.69, 9.17) is 0 Å². The molecular weight excluding hydrogens is 292 g/mol. The number of hydrogen-bond donors (Lipinski definition) is 1. The number of rotatable bonds is 4. The molecule has 0 aliphatic rings. The summed E-state index contributed by atoms with van der Waals surface area (Å²) in [5, 5.41) is 4.53. The van der Waals surface area contributed by atoms with E-state index in [0.717, 1.165) is 34.0 Å². The maximum Gasteiger partial charge on any atom is 0.142 e. The third-order valence-corrected chi connectivity index (χ3v) is 4.47. The molecule has 0 radical (unpaired) electrons. The maximum absolute atomic E-state index is 4.66. The van der Waals surface area contributed by atoms with Crippen LogP contribution in [0.1, 0.15) is 17.6 Å². The number of anilines is 3. The average Bonchev–Trinajstić information content (AvgIpc) is 2.88. The molecule has 0 saturated heterocycles. The Morgan fingerprint density at radius 2 is 1.86 bits per heavy atom. The Kier molecular flexibility index (Phi) is 3.98. The van der Waals surface area contributed by atoms with Crippen molar-refractivity contribution in [1.82, 2.24) is 9.97 Å². The molecule has 0 aliphatic heterocycles. The monoisotopic (exact) mass is 312 g/mol. The Bertz CT molecular complexity index is 790. The highest BCUT2D eigenvalue weighted by Crippen LogP contribution is 2.30. The van der Waals surface area contributed by atoms with Gasteiger partial charge >= 0.3 is 0 Å². The molecule has 0 spiro atoms. The van der Waals surface area contributed by atoms with Crippen molar-refractivity contribution in [3.63, 3.8) is 0 Å². The van der Waals surface area contributed by atoms with E-state index in [1.807, 2.05) is 14.1 Å². The van der Waals surface area contributed by atoms with Gasteiger partial charge in [-0.25, -0.2) is 9.97 Å². The molecule has 1 aromatic carbocycles. The minimum atomic E-state index is 0.834. The van der Waals surface area contributed by atoms with Gasteiger partial charge in [0.15, 0.2) is 0 Å². The lowest BCUT2D eigenvalue weighted by Gasteiger charge is -2.13. The number of aromatic nitrogens is 2. The van der Waals surface area contributed by atoms with E-state index in [1.54, 1.807) is 11.3 Å². The van der Waals surface area contributed by atoms with Gasteiger partial charge in [0, 0.05) is 36.8 Å². The Morgan fingerprint density at radius 1 is 1.14 bits per heavy atom. The van der Waals surface area contributed by atoms with Gasteiger partial charge in [0.1, 0.15) is 16.5 Å². The Morgan fingerprint density at radius 3 is 2.50 bits per heavy atom. The first-order valence-electron chi connectivity index (χ1n) is 7.38. The highest BCUT2D eigenvalue weighted by molar-refractivity contribution is 7.18. The topological polar surface area (TPSA) is 41.1 Å². The number of thiophene rings is 1. The van der Waals surface area contributed by atoms with Gasteiger partial charge in [0.25, 0.3) is 0 Å². The van der Waals surface area contributed by atoms with Crippen molar-refractivity contribution in [2.75, 3.05) is 24.3 Å². The molecule has 1 N–H and O–H groups in total. The summed E-state index contributed by atoms with van der Waals surface area (Å²) < 4.78 is 0. The molecule has 5 heteroatoms. The van der Waals surface area contributed by atoms with Gasteiger partial charge in [-0.2, -0.15) is 0 Å². The van der Waals surface area contributed by atoms with Gasteiger partial charge in [0.2, 0.25) is 0 Å². The molecule has 2 heterocycles. The smallest absolute Gasteiger partial charge is 0.142 e. The zero-order valence-corrected chi connectivity index (χ0v) is 14.2. The van der Waals surface area contributed by atoms with Crippen molar-refractivity contribution >= 4 is 38.7 Å². The van der Waals surface area contributed by atoms with Crippen LogP contribution in [0.5, 0.6) is 0 Å². The minimum Gasteiger partial charge on any atom is -0.378 e. The summed E-state index contributed by atoms with van der Waals surface area (Å²) in [6.07, 6.45) is 0.834. The van der Waals surface area contributed by atoms with Gasteiger partial charge in [-0.15, -0.1) is 11.3 Å². The predicted molar refractivity (Wildman–Crippen MR) is 95.6 cm³/mol. The summed E-state index contributed by atoms with van der Waals surface area (Å²) >= 11 is 1.71. The van der Waals surface area contributed by atoms with Crippen molar-refractivity contribution in [3.8, 4) is 0 Å². The van der Waals surface area contributed by atoms with Gasteiger partial charge in [-0.3, -0.25) is 0 Å². The van der Waals surface area contributed by atoms with Crippen LogP contribution in [0.15, 0.2) is 30.3 Å². The second-order valence-electron chi connectivity index (χ2n) is 5.48. The van der Waals surface area contributed by atoms with E-state index in [2.05, 4.69) is 64.4 Å². The first-order valence-corrected chi connectivity index (χ1v) is 8.20. The second-order valence-corrected chi connectivity index (χ2v) is 6.72. The van der Waals surface area contributed by atoms with E-state index in [0.29, 0.717) is 0 Å². The molecule has 2 aromatic heterocycles. The number of aryl methyl sites for hydroxylation is 2. The minimum absolute atomic E-state index is 0.834. The van der Waals surface area contributed by atoms with Crippen molar-refractivity contribution in [2.24, 2.45) is 0 Å². The van der Waals surface area contributed by atoms with E-state index < -0.39 is 0 Å². The maximum atomic E-state index is 4.66. The molecule has 0 atom stereocenters. The summed E-state index contributed by atoms with van der Waals surface area (Å²) in [6, 6.07) is 10.5. The SMILES string of the molecule is CCc1nc(Nc2ccc(N(C)C)cc2)c2cc(C)sc2n1. The molecule has 0 amide bonds. The highest BCUT2D eigenvalue weighted by atomic mass is 32.1. The lowest BCUT2D eigenvalue weighted by molar-refractivity contribution is 0.967. The summed E-state index contributed by atoms with van der Waals surface area (Å²) in [7, 11) is 4.08. The quantitative estimate of drug-likeness (QED) is 0.776. The highest BCUT2D eigenvalue weighted by Gasteiger charge is 2.10. The fourth-order valence-corrected chi connectivity index (χ4v) is 3.22. The van der Waals surface area contributed by atoms with Gasteiger partial charge in [-0.05, 0) is 37.3 Å². The number of hydrogen-bond acceptors (Lipinski definition) is 5. The van der Waals surface area contributed by atoms with Crippen LogP contribution in [-0.2, 0) is 6.42 Å². The van der Waals surface area contributed by atoms with Crippen LogP contribution in [0.4, 0.5) is 17.2 Å². The van der Waals surface area contributed by atoms with Crippen LogP contribution < -0.4 is 10.2 Å². The Balaban J connectivity index is 1.98. The molecule has 3 rings (SSSR count). The first kappa shape index (κ1) is 14.8. The van der Waals surface area contributed by atoms with Crippen LogP contribution in [0.25, 0.3) is 10.2 Å². The van der Waals surface area contributed by atoms with E-state index >= 15 is 0 Å². The largest absolute Gasteiger partial charge is 0.378 e. The van der Waals surface area contributed by atoms with Crippen LogP contribution >= 0.6 is 11.3 Å². The molecule has 0 unspecified atom stereocenters. The van der Waals surface area contributed by atoms with Crippen LogP contribution in [0, 0.1) is 6.92 Å². The molecular formula is C17H20N4S. The zero-order valence-electron chi connectivity index (χ0n) is 13.3. The van der Waals surface area contributed by atoms with Crippen LogP contribution in [0.3, 0.4) is 0 Å². The summed E-state index contributed by atoms with van der Waals surface area (Å²) in [5.41, 5.74) is 2.22. The number of benzene rings is 1. The van der Waals surface area contributed by atoms with Crippen molar-refractivity contribution < 1.29 is 0 Å². The van der Waals surface area contributed by atoms with Crippen molar-refractivity contribution in [1.29, 1.82) is 0 Å². The fourth-order valence-electron chi connectivity index (χ4n) is 2.32. The Labute approximate surface area is 134 Å². The molecule has 0 saturated carbocycles. The van der Waals surface area contributed by atoms with Gasteiger partial charge < -0.3 is 10.2 Å². The van der Waals surface area contributed by atoms with E-state index in [1.165, 1.54) is 10.6 Å². The number of fused-ring (bicyclic) bond motifs is 1. The molecule has 114 valence electrons. The van der Waals surface area contributed by atoms with Crippen LogP contribution in [-0.4, -0.2) is 24.1 Å². The molecule has 3 aromatic rings. The normalized spacial score (nSPS) is 10.9. The molecule has 22 heavy (non-hydrogen) atoms. The summed E-state index contributed by atoms with van der Waals surface area (Å²) in [5.74, 6) is 1.77. The van der Waals surface area contributed by atoms with Crippen LogP contribution in [0.2, 0.25) is 0 Å². The Hall–Kier alpha value is -2.14. The van der Waals surface area contributed by atoms with Gasteiger partial charge in [0.05, 0.1) is 5.39 Å². The van der Waals surface area contributed by atoms with Crippen molar-refractivity contribution in [2.45, 2.75) is 20.3 Å². The first-order chi connectivity index (χ1) is 10.6. The van der Waals surface area contributed by atoms with Crippen molar-refractivity contribution in [3.05, 3.63) is 41.0 Å². The third-order valence-electron chi connectivity index (χ3n) is 3.52. The zero-order chi connectivity index (χ0) is 15.7. The lowest BCUT2D eigenvalue weighted by Crippen LogP contribution is -2.08. The average molecular weight is 312 g/mol. The fraction of sp³-hybridized carbons (Fsp3) is 0.294. The van der Waals surface area contributed by atoms with E-state index in [9.17, 15) is 0 Å². The second kappa shape index (κ2) is 5.93. The summed E-state index contributed by atoms with van der Waals surface area (Å²) in [6.45, 7) is 4.19. The molecule has 0 fully saturated rings. The molecule has 0 bridgehead atoms. The third kappa shape index (κ3) is 2.90. The summed E-state index contributed by atoms with van der Waals surface area (Å²) in [4.78, 5) is 13.7. The predicted octanol–water partition coefficient (Wildman–Crippen LogP) is 4.37. The molecule has 4 nitrogen and oxygen atoms in total. The number of nitrogens with one attached hydrogen (secondary N) is 1. The standard InChI is InChI=1S/C17H20N4S/c1-5-15-19-16(14-10-11(2)22-17(14)20-15)18-12-6-8-13(9-7-12)21(3)4/h6-10H,5H2,1-4H3,(H,18,19,20). The molecule has 0 aliphatic carbocycles. The van der Waals surface area contributed by atoms with Gasteiger partial charge in [-0.1, -0.05) is 6.92 Å².